The van der Waals surface area contributed by atoms with Crippen LogP contribution in [-0.4, -0.2) is 24.2 Å². The fraction of sp³-hybridized carbons (Fsp3) is 0.273. The van der Waals surface area contributed by atoms with Crippen LogP contribution < -0.4 is 9.47 Å². The smallest absolute Gasteiger partial charge is 0.297 e. The van der Waals surface area contributed by atoms with Gasteiger partial charge in [0, 0.05) is 12.1 Å². The summed E-state index contributed by atoms with van der Waals surface area (Å²) < 4.78 is 35.3. The maximum Gasteiger partial charge on any atom is 0.297 e. The molecule has 18 heavy (non-hydrogen) atoms. The highest BCUT2D eigenvalue weighted by Gasteiger charge is 2.17. The van der Waals surface area contributed by atoms with Gasteiger partial charge in [0.2, 0.25) is 0 Å². The summed E-state index contributed by atoms with van der Waals surface area (Å²) in [5, 5.41) is 0.305. The monoisotopic (exact) mass is 274 g/mol. The van der Waals surface area contributed by atoms with Gasteiger partial charge in [0.1, 0.15) is 16.7 Å². The third kappa shape index (κ3) is 2.15. The molecule has 1 aromatic heterocycles. The van der Waals surface area contributed by atoms with E-state index in [-0.39, 0.29) is 10.7 Å². The van der Waals surface area contributed by atoms with Gasteiger partial charge in [-0.1, -0.05) is 11.6 Å². The summed E-state index contributed by atoms with van der Waals surface area (Å²) in [5.74, 6) is 0.187. The minimum absolute atomic E-state index is 0.0743. The van der Waals surface area contributed by atoms with E-state index in [4.69, 9.17) is 21.1 Å². The van der Waals surface area contributed by atoms with Gasteiger partial charge in [-0.2, -0.15) is 0 Å². The van der Waals surface area contributed by atoms with E-state index in [0.29, 0.717) is 16.9 Å². The van der Waals surface area contributed by atoms with E-state index < -0.39 is 12.2 Å². The van der Waals surface area contributed by atoms with Crippen LogP contribution in [0.1, 0.15) is 12.2 Å². The molecule has 0 amide bonds. The summed E-state index contributed by atoms with van der Waals surface area (Å²) in [7, 11) is 2.89. The molecule has 0 unspecified atom stereocenters. The molecule has 7 heteroatoms. The van der Waals surface area contributed by atoms with Gasteiger partial charge >= 0.3 is 0 Å². The summed E-state index contributed by atoms with van der Waals surface area (Å²) in [6, 6.07) is 3.08. The Kier molecular flexibility index (Phi) is 3.47. The van der Waals surface area contributed by atoms with E-state index in [1.807, 2.05) is 0 Å². The summed E-state index contributed by atoms with van der Waals surface area (Å²) in [6.45, 7) is 0. The van der Waals surface area contributed by atoms with Crippen LogP contribution in [0.5, 0.6) is 11.5 Å². The number of hydrogen-bond donors (Lipinski definition) is 0. The number of hydrogen-bond acceptors (Lipinski definition) is 4. The second-order valence-electron chi connectivity index (χ2n) is 3.40. The molecule has 96 valence electrons. The van der Waals surface area contributed by atoms with Crippen molar-refractivity contribution in [2.75, 3.05) is 14.2 Å². The van der Waals surface area contributed by atoms with E-state index in [9.17, 15) is 8.78 Å². The van der Waals surface area contributed by atoms with Gasteiger partial charge in [-0.25, -0.2) is 18.7 Å². The van der Waals surface area contributed by atoms with Gasteiger partial charge < -0.3 is 9.47 Å². The zero-order valence-corrected chi connectivity index (χ0v) is 10.3. The molecule has 0 fully saturated rings. The first-order valence-corrected chi connectivity index (χ1v) is 5.32. The fourth-order valence-corrected chi connectivity index (χ4v) is 1.83. The van der Waals surface area contributed by atoms with Crippen LogP contribution in [-0.2, 0) is 0 Å². The molecule has 0 saturated carbocycles. The van der Waals surface area contributed by atoms with Gasteiger partial charge in [0.15, 0.2) is 5.82 Å². The molecule has 0 saturated heterocycles. The molecule has 4 nitrogen and oxygen atoms in total. The Labute approximate surface area is 107 Å². The van der Waals surface area contributed by atoms with E-state index in [0.717, 1.165) is 0 Å². The highest BCUT2D eigenvalue weighted by molar-refractivity contribution is 6.34. The lowest BCUT2D eigenvalue weighted by atomic mass is 10.2. The highest BCUT2D eigenvalue weighted by atomic mass is 35.5. The van der Waals surface area contributed by atoms with Gasteiger partial charge in [0.25, 0.3) is 6.43 Å². The van der Waals surface area contributed by atoms with Gasteiger partial charge in [-0.05, 0) is 0 Å². The predicted molar refractivity (Wildman–Crippen MR) is 62.6 cm³/mol. The maximum atomic E-state index is 12.6. The van der Waals surface area contributed by atoms with E-state index in [2.05, 4.69) is 9.97 Å². The average molecular weight is 275 g/mol. The number of alkyl halides is 2. The molecule has 0 N–H and O–H groups in total. The topological polar surface area (TPSA) is 44.2 Å². The maximum absolute atomic E-state index is 12.6. The Morgan fingerprint density at radius 3 is 2.44 bits per heavy atom. The number of fused-ring (bicyclic) bond motifs is 1. The molecule has 0 bridgehead atoms. The van der Waals surface area contributed by atoms with Crippen LogP contribution in [0.3, 0.4) is 0 Å². The Morgan fingerprint density at radius 2 is 1.89 bits per heavy atom. The normalized spacial score (nSPS) is 11.0. The number of halogens is 3. The molecule has 1 aromatic carbocycles. The number of methoxy groups -OCH3 is 2. The van der Waals surface area contributed by atoms with Crippen molar-refractivity contribution in [1.29, 1.82) is 0 Å². The van der Waals surface area contributed by atoms with Crippen LogP contribution in [0.2, 0.25) is 5.15 Å². The van der Waals surface area contributed by atoms with Gasteiger partial charge in [-0.3, -0.25) is 0 Å². The van der Waals surface area contributed by atoms with Crippen molar-refractivity contribution in [2.24, 2.45) is 0 Å². The van der Waals surface area contributed by atoms with Crippen LogP contribution in [0.25, 0.3) is 10.9 Å². The second kappa shape index (κ2) is 4.89. The zero-order valence-electron chi connectivity index (χ0n) is 9.58. The molecule has 0 aliphatic carbocycles. The largest absolute Gasteiger partial charge is 0.497 e. The average Bonchev–Trinajstić information content (AvgIpc) is 2.36. The van der Waals surface area contributed by atoms with Gasteiger partial charge in [-0.15, -0.1) is 0 Å². The first-order chi connectivity index (χ1) is 8.56. The SMILES string of the molecule is COc1cc(OC)c2c(Cl)nc(C(F)F)nc2c1. The first-order valence-electron chi connectivity index (χ1n) is 4.94. The molecule has 2 rings (SSSR count). The molecule has 0 aliphatic heterocycles. The molecule has 2 aromatic rings. The van der Waals surface area contributed by atoms with Crippen LogP contribution >= 0.6 is 11.6 Å². The third-order valence-corrected chi connectivity index (χ3v) is 2.63. The molecular weight excluding hydrogens is 266 g/mol. The van der Waals surface area contributed by atoms with Crippen molar-refractivity contribution in [1.82, 2.24) is 9.97 Å². The quantitative estimate of drug-likeness (QED) is 0.806. The van der Waals surface area contributed by atoms with Crippen molar-refractivity contribution in [3.63, 3.8) is 0 Å². The number of benzene rings is 1. The van der Waals surface area contributed by atoms with Gasteiger partial charge in [0.05, 0.1) is 25.1 Å². The molecular formula is C11H9ClF2N2O2. The van der Waals surface area contributed by atoms with E-state index >= 15 is 0 Å². The first kappa shape index (κ1) is 12.8. The van der Waals surface area contributed by atoms with E-state index in [1.54, 1.807) is 6.07 Å². The van der Waals surface area contributed by atoms with Crippen molar-refractivity contribution in [2.45, 2.75) is 6.43 Å². The minimum Gasteiger partial charge on any atom is -0.497 e. The summed E-state index contributed by atoms with van der Waals surface area (Å²) >= 11 is 5.88. The number of aromatic nitrogens is 2. The summed E-state index contributed by atoms with van der Waals surface area (Å²) in [5.41, 5.74) is 0.251. The van der Waals surface area contributed by atoms with Crippen molar-refractivity contribution in [3.8, 4) is 11.5 Å². The Morgan fingerprint density at radius 1 is 1.17 bits per heavy atom. The molecule has 0 aliphatic rings. The van der Waals surface area contributed by atoms with Crippen molar-refractivity contribution < 1.29 is 18.3 Å². The summed E-state index contributed by atoms with van der Waals surface area (Å²) in [4.78, 5) is 7.30. The van der Waals surface area contributed by atoms with Crippen molar-refractivity contribution >= 4 is 22.5 Å². The third-order valence-electron chi connectivity index (χ3n) is 2.36. The molecule has 0 radical (unpaired) electrons. The standard InChI is InChI=1S/C11H9ClF2N2O2/c1-17-5-3-6-8(7(4-5)18-2)9(12)16-11(15-6)10(13)14/h3-4,10H,1-2H3. The minimum atomic E-state index is -2.79. The summed E-state index contributed by atoms with van der Waals surface area (Å²) in [6.07, 6.45) is -2.79. The lowest BCUT2D eigenvalue weighted by molar-refractivity contribution is 0.141. The Balaban J connectivity index is 2.78. The Hall–Kier alpha value is -1.69. The lowest BCUT2D eigenvalue weighted by Crippen LogP contribution is -1.99. The Bertz CT molecular complexity index is 593. The predicted octanol–water partition coefficient (Wildman–Crippen LogP) is 3.24. The lowest BCUT2D eigenvalue weighted by Gasteiger charge is -2.10. The van der Waals surface area contributed by atoms with E-state index in [1.165, 1.54) is 20.3 Å². The second-order valence-corrected chi connectivity index (χ2v) is 3.76. The molecule has 0 spiro atoms. The van der Waals surface area contributed by atoms with Crippen LogP contribution in [0.4, 0.5) is 8.78 Å². The van der Waals surface area contributed by atoms with Crippen LogP contribution in [0, 0.1) is 0 Å². The van der Waals surface area contributed by atoms with Crippen LogP contribution in [0.15, 0.2) is 12.1 Å². The number of rotatable bonds is 3. The zero-order chi connectivity index (χ0) is 13.3. The molecule has 1 heterocycles. The number of ether oxygens (including phenoxy) is 2. The number of nitrogens with zero attached hydrogens (tertiary/aromatic N) is 2. The highest BCUT2D eigenvalue weighted by Crippen LogP contribution is 2.35. The fourth-order valence-electron chi connectivity index (χ4n) is 1.55. The molecule has 0 atom stereocenters. The van der Waals surface area contributed by atoms with Crippen molar-refractivity contribution in [3.05, 3.63) is 23.1 Å².